The first kappa shape index (κ1) is 106. The summed E-state index contributed by atoms with van der Waals surface area (Å²) < 4.78 is 61.3. The van der Waals surface area contributed by atoms with Gasteiger partial charge in [-0.05, 0) is 148 Å². The third-order valence-corrected chi connectivity index (χ3v) is 20.4. The van der Waals surface area contributed by atoms with Crippen LogP contribution in [-0.2, 0) is 55.8 Å². The van der Waals surface area contributed by atoms with Crippen molar-refractivity contribution in [1.29, 1.82) is 0 Å². The van der Waals surface area contributed by atoms with Gasteiger partial charge in [0, 0.05) is 19.3 Å². The fourth-order valence-corrected chi connectivity index (χ4v) is 13.4. The molecule has 0 spiro atoms. The lowest BCUT2D eigenvalue weighted by Gasteiger charge is -2.21. The highest BCUT2D eigenvalue weighted by Gasteiger charge is 2.29. The van der Waals surface area contributed by atoms with Crippen LogP contribution in [0, 0.1) is 0 Å². The number of phosphoric ester groups is 2. The standard InChI is InChI=1S/C93H160O16P2/c1-4-7-10-13-16-19-22-25-28-30-32-34-36-38-39-40-41-42-43-44-45-46-47-49-51-52-54-56-59-61-64-67-70-73-76-79-91(96)103-82-88(94)83-105-110(99,100)106-84-89(95)85-107-111(101,102)108-87-90(109-93(98)81-78-75-72-69-66-63-58-27-24-21-18-15-12-9-6-3)86-104-92(97)80-77-74-71-68-65-62-60-57-55-53-50-48-37-35-33-31-29-26-23-20-17-14-11-8-5-2/h8,11,16-21,25-29,32-35,38-39,48,50,55,57-58,88-90,94-95H,4-7,9-10,12-15,22-24,30-31,36-37,40-47,49,51-54,56,59-87H2,1-3H3,(H,99,100)(H,101,102)/b11-8-,19-16-,20-17-,21-18-,28-25-,29-26-,34-32-,35-33-,39-38-,50-48-,57-55-,58-27-. The smallest absolute Gasteiger partial charge is 0.463 e. The topological polar surface area (TPSA) is 231 Å². The number of ether oxygens (including phenoxy) is 3. The third kappa shape index (κ3) is 86.1. The number of hydrogen-bond acceptors (Lipinski definition) is 14. The van der Waals surface area contributed by atoms with Crippen LogP contribution in [0.3, 0.4) is 0 Å². The molecule has 18 heteroatoms. The molecule has 0 aliphatic heterocycles. The monoisotopic (exact) mass is 1600 g/mol. The number of carbonyl (C=O) groups is 3. The van der Waals surface area contributed by atoms with Crippen molar-refractivity contribution in [1.82, 2.24) is 0 Å². The summed E-state index contributed by atoms with van der Waals surface area (Å²) in [7, 11) is -9.81. The number of aliphatic hydroxyl groups is 2. The van der Waals surface area contributed by atoms with Crippen LogP contribution in [0.2, 0.25) is 0 Å². The maximum atomic E-state index is 13.0. The molecule has 0 aromatic rings. The normalized spacial score (nSPS) is 14.5. The molecule has 5 atom stereocenters. The van der Waals surface area contributed by atoms with Crippen molar-refractivity contribution < 1.29 is 75.8 Å². The second-order valence-corrected chi connectivity index (χ2v) is 32.2. The van der Waals surface area contributed by atoms with Crippen molar-refractivity contribution >= 4 is 33.6 Å². The molecule has 5 unspecified atom stereocenters. The zero-order chi connectivity index (χ0) is 80.8. The summed E-state index contributed by atoms with van der Waals surface area (Å²) >= 11 is 0. The first-order valence-corrected chi connectivity index (χ1v) is 47.1. The fourth-order valence-electron chi connectivity index (χ4n) is 11.8. The number of allylic oxidation sites excluding steroid dienone is 24. The minimum absolute atomic E-state index is 0.0819. The molecule has 0 aliphatic carbocycles. The van der Waals surface area contributed by atoms with Gasteiger partial charge in [-0.3, -0.25) is 32.5 Å². The van der Waals surface area contributed by atoms with E-state index in [0.29, 0.717) is 19.3 Å². The third-order valence-electron chi connectivity index (χ3n) is 18.5. The molecule has 16 nitrogen and oxygen atoms in total. The van der Waals surface area contributed by atoms with E-state index < -0.39 is 91.5 Å². The highest BCUT2D eigenvalue weighted by atomic mass is 31.2. The van der Waals surface area contributed by atoms with Crippen LogP contribution in [0.4, 0.5) is 0 Å². The number of carbonyl (C=O) groups excluding carboxylic acids is 3. The van der Waals surface area contributed by atoms with Gasteiger partial charge >= 0.3 is 33.6 Å². The van der Waals surface area contributed by atoms with Crippen LogP contribution in [0.25, 0.3) is 0 Å². The van der Waals surface area contributed by atoms with Gasteiger partial charge in [0.05, 0.1) is 26.4 Å². The molecule has 0 aliphatic rings. The van der Waals surface area contributed by atoms with E-state index >= 15 is 0 Å². The maximum absolute atomic E-state index is 13.0. The number of hydrogen-bond donors (Lipinski definition) is 4. The van der Waals surface area contributed by atoms with Gasteiger partial charge in [0.25, 0.3) is 0 Å². The quantitative estimate of drug-likeness (QED) is 0.0146. The van der Waals surface area contributed by atoms with Crippen molar-refractivity contribution in [2.45, 2.75) is 386 Å². The molecular formula is C93H160O16P2. The summed E-state index contributed by atoms with van der Waals surface area (Å²) in [5, 5.41) is 20.7. The van der Waals surface area contributed by atoms with Crippen molar-refractivity contribution in [2.75, 3.05) is 39.6 Å². The molecule has 0 aromatic heterocycles. The zero-order valence-corrected chi connectivity index (χ0v) is 71.9. The van der Waals surface area contributed by atoms with Gasteiger partial charge in [-0.1, -0.05) is 346 Å². The minimum Gasteiger partial charge on any atom is -0.463 e. The first-order valence-electron chi connectivity index (χ1n) is 44.1. The van der Waals surface area contributed by atoms with Crippen molar-refractivity contribution in [3.8, 4) is 0 Å². The fraction of sp³-hybridized carbons (Fsp3) is 0.710. The lowest BCUT2D eigenvalue weighted by atomic mass is 10.0. The number of esters is 3. The summed E-state index contributed by atoms with van der Waals surface area (Å²) in [6.07, 6.45) is 106. The summed E-state index contributed by atoms with van der Waals surface area (Å²) in [5.74, 6) is -1.60. The Hall–Kier alpha value is -4.57. The maximum Gasteiger partial charge on any atom is 0.472 e. The Morgan fingerprint density at radius 2 is 0.477 bits per heavy atom. The average Bonchev–Trinajstić information content (AvgIpc) is 0.904. The van der Waals surface area contributed by atoms with E-state index in [1.54, 1.807) is 0 Å². The number of unbranched alkanes of at least 4 members (excludes halogenated alkanes) is 36. The van der Waals surface area contributed by atoms with Crippen LogP contribution in [0.5, 0.6) is 0 Å². The molecular weight excluding hydrogens is 1430 g/mol. The summed E-state index contributed by atoms with van der Waals surface area (Å²) in [5.41, 5.74) is 0. The average molecular weight is 1600 g/mol. The Kier molecular flexibility index (Phi) is 81.3. The second-order valence-electron chi connectivity index (χ2n) is 29.3. The lowest BCUT2D eigenvalue weighted by molar-refractivity contribution is -0.161. The van der Waals surface area contributed by atoms with E-state index in [2.05, 4.69) is 167 Å². The van der Waals surface area contributed by atoms with E-state index in [4.69, 9.17) is 32.3 Å². The Morgan fingerprint density at radius 1 is 0.261 bits per heavy atom. The summed E-state index contributed by atoms with van der Waals surface area (Å²) in [4.78, 5) is 58.8. The number of rotatable bonds is 83. The molecule has 0 bridgehead atoms. The number of aliphatic hydroxyl groups excluding tert-OH is 2. The van der Waals surface area contributed by atoms with Crippen LogP contribution >= 0.6 is 15.6 Å². The largest absolute Gasteiger partial charge is 0.472 e. The molecule has 0 amide bonds. The molecule has 0 fully saturated rings. The van der Waals surface area contributed by atoms with Gasteiger partial charge in [0.2, 0.25) is 0 Å². The second kappa shape index (κ2) is 84.8. The number of phosphoric acid groups is 2. The van der Waals surface area contributed by atoms with E-state index in [-0.39, 0.29) is 19.3 Å². The molecule has 0 aromatic carbocycles. The molecule has 0 radical (unpaired) electrons. The molecule has 0 saturated carbocycles. The highest BCUT2D eigenvalue weighted by molar-refractivity contribution is 7.47. The molecule has 4 N–H and O–H groups in total. The van der Waals surface area contributed by atoms with Crippen molar-refractivity contribution in [3.05, 3.63) is 146 Å². The molecule has 0 saturated heterocycles. The Morgan fingerprint density at radius 3 is 0.757 bits per heavy atom. The van der Waals surface area contributed by atoms with E-state index in [9.17, 15) is 43.5 Å². The van der Waals surface area contributed by atoms with Gasteiger partial charge in [0.15, 0.2) is 6.10 Å². The van der Waals surface area contributed by atoms with Gasteiger partial charge in [-0.25, -0.2) is 9.13 Å². The van der Waals surface area contributed by atoms with E-state index in [1.165, 1.54) is 148 Å². The van der Waals surface area contributed by atoms with Crippen LogP contribution in [-0.4, -0.2) is 95.9 Å². The molecule has 0 rings (SSSR count). The van der Waals surface area contributed by atoms with Gasteiger partial charge < -0.3 is 34.2 Å². The first-order chi connectivity index (χ1) is 54.2. The summed E-state index contributed by atoms with van der Waals surface area (Å²) in [6.45, 7) is 2.51. The Labute approximate surface area is 677 Å². The zero-order valence-electron chi connectivity index (χ0n) is 70.1. The SMILES string of the molecule is CC/C=C\C/C=C\C/C=C\C/C=C\C/C=C\C/C=C\CCCCCCCCC(=O)OCC(COP(=O)(O)OCC(O)COP(=O)(O)OCC(O)COC(=O)CCCCCCCCCCCCCCCCCCCCC/C=C\C/C=C\C/C=C\C/C=C\CCCCC)OC(=O)CCCCCCC/C=C\C/C=C\CCCCC. The van der Waals surface area contributed by atoms with Crippen LogP contribution in [0.1, 0.15) is 367 Å². The van der Waals surface area contributed by atoms with Gasteiger partial charge in [-0.15, -0.1) is 0 Å². The summed E-state index contributed by atoms with van der Waals surface area (Å²) in [6, 6.07) is 0. The predicted octanol–water partition coefficient (Wildman–Crippen LogP) is 26.8. The molecule has 0 heterocycles. The van der Waals surface area contributed by atoms with E-state index in [0.717, 1.165) is 161 Å². The minimum atomic E-state index is -4.94. The Balaban J connectivity index is 4.45. The Bertz CT molecular complexity index is 2600. The lowest BCUT2D eigenvalue weighted by Crippen LogP contribution is -2.30. The highest BCUT2D eigenvalue weighted by Crippen LogP contribution is 2.45. The van der Waals surface area contributed by atoms with Crippen molar-refractivity contribution in [2.24, 2.45) is 0 Å². The van der Waals surface area contributed by atoms with E-state index in [1.807, 2.05) is 0 Å². The van der Waals surface area contributed by atoms with Crippen LogP contribution in [0.15, 0.2) is 146 Å². The molecule has 638 valence electrons. The van der Waals surface area contributed by atoms with Crippen LogP contribution < -0.4 is 0 Å². The molecule has 111 heavy (non-hydrogen) atoms. The van der Waals surface area contributed by atoms with Crippen molar-refractivity contribution in [3.63, 3.8) is 0 Å². The van der Waals surface area contributed by atoms with Gasteiger partial charge in [0.1, 0.15) is 25.4 Å². The van der Waals surface area contributed by atoms with Gasteiger partial charge in [-0.2, -0.15) is 0 Å². The predicted molar refractivity (Wildman–Crippen MR) is 463 cm³/mol.